The maximum atomic E-state index is 14.0. The molecule has 0 N–H and O–H groups in total. The van der Waals surface area contributed by atoms with Crippen LogP contribution in [0.25, 0.3) is 10.2 Å². The smallest absolute Gasteiger partial charge is 0.259 e. The highest BCUT2D eigenvalue weighted by atomic mass is 32.1. The first-order valence-electron chi connectivity index (χ1n) is 11.8. The first-order valence-corrected chi connectivity index (χ1v) is 12.6. The fourth-order valence-electron chi connectivity index (χ4n) is 4.99. The third-order valence-corrected chi connectivity index (χ3v) is 8.26. The number of thiophene rings is 1. The van der Waals surface area contributed by atoms with Gasteiger partial charge in [-0.15, -0.1) is 11.3 Å². The lowest BCUT2D eigenvalue weighted by atomic mass is 9.94. The van der Waals surface area contributed by atoms with Crippen LogP contribution in [0.15, 0.2) is 24.5 Å². The minimum Gasteiger partial charge on any atom is -0.356 e. The number of hydrogen-bond donors (Lipinski definition) is 0. The topological polar surface area (TPSA) is 69.6 Å². The van der Waals surface area contributed by atoms with Gasteiger partial charge in [-0.1, -0.05) is 6.07 Å². The van der Waals surface area contributed by atoms with Crippen LogP contribution in [0.1, 0.15) is 33.6 Å². The molecule has 5 rings (SSSR count). The summed E-state index contributed by atoms with van der Waals surface area (Å²) in [5, 5.41) is 1.10. The zero-order valence-electron chi connectivity index (χ0n) is 19.8. The largest absolute Gasteiger partial charge is 0.356 e. The Morgan fingerprint density at radius 3 is 2.23 bits per heavy atom. The fraction of sp³-hybridized carbons (Fsp3) is 0.440. The Morgan fingerprint density at radius 2 is 1.57 bits per heavy atom. The first-order chi connectivity index (χ1) is 16.8. The van der Waals surface area contributed by atoms with Gasteiger partial charge in [0.25, 0.3) is 5.91 Å². The summed E-state index contributed by atoms with van der Waals surface area (Å²) in [6, 6.07) is 3.39. The van der Waals surface area contributed by atoms with E-state index in [-0.39, 0.29) is 24.9 Å². The Bertz CT molecular complexity index is 1260. The number of aryl methyl sites for hydroxylation is 2. The van der Waals surface area contributed by atoms with E-state index < -0.39 is 23.1 Å². The number of hydrogen-bond acceptors (Lipinski definition) is 6. The van der Waals surface area contributed by atoms with Gasteiger partial charge in [0.15, 0.2) is 0 Å². The Hall–Kier alpha value is -3.14. The summed E-state index contributed by atoms with van der Waals surface area (Å²) in [5.74, 6) is -1.46. The van der Waals surface area contributed by atoms with Crippen molar-refractivity contribution in [3.63, 3.8) is 0 Å². The molecule has 35 heavy (non-hydrogen) atoms. The molecule has 0 radical (unpaired) electrons. The molecule has 10 heteroatoms. The summed E-state index contributed by atoms with van der Waals surface area (Å²) in [7, 11) is 0. The van der Waals surface area contributed by atoms with Gasteiger partial charge in [0, 0.05) is 50.1 Å². The second-order valence-corrected chi connectivity index (χ2v) is 10.3. The highest BCUT2D eigenvalue weighted by Crippen LogP contribution is 2.35. The zero-order chi connectivity index (χ0) is 24.7. The Kier molecular flexibility index (Phi) is 6.39. The number of rotatable bonds is 3. The molecule has 0 unspecified atom stereocenters. The predicted molar refractivity (Wildman–Crippen MR) is 131 cm³/mol. The average molecular weight is 500 g/mol. The fourth-order valence-corrected chi connectivity index (χ4v) is 5.98. The number of piperazine rings is 1. The van der Waals surface area contributed by atoms with E-state index in [2.05, 4.69) is 28.7 Å². The zero-order valence-corrected chi connectivity index (χ0v) is 20.6. The van der Waals surface area contributed by atoms with Crippen LogP contribution in [0, 0.1) is 31.4 Å². The number of carbonyl (C=O) groups excluding carboxylic acids is 2. The molecule has 1 aromatic carbocycles. The quantitative estimate of drug-likeness (QED) is 0.549. The molecule has 0 spiro atoms. The minimum absolute atomic E-state index is 0.0832. The normalized spacial score (nSPS) is 17.3. The molecular formula is C25H27F2N5O2S. The van der Waals surface area contributed by atoms with Gasteiger partial charge in [-0.2, -0.15) is 0 Å². The molecule has 0 aliphatic carbocycles. The second kappa shape index (κ2) is 9.49. The van der Waals surface area contributed by atoms with Crippen LogP contribution in [0.5, 0.6) is 0 Å². The van der Waals surface area contributed by atoms with Gasteiger partial charge in [-0.05, 0) is 44.4 Å². The Labute approximate surface area is 206 Å². The third kappa shape index (κ3) is 4.35. The molecule has 0 bridgehead atoms. The molecule has 2 aliphatic heterocycles. The van der Waals surface area contributed by atoms with Crippen molar-refractivity contribution >= 4 is 39.2 Å². The summed E-state index contributed by atoms with van der Waals surface area (Å²) in [5.41, 5.74) is 0.677. The Morgan fingerprint density at radius 1 is 0.943 bits per heavy atom. The van der Waals surface area contributed by atoms with Gasteiger partial charge in [0.05, 0.1) is 5.39 Å². The van der Waals surface area contributed by atoms with Crippen molar-refractivity contribution in [3.05, 3.63) is 52.2 Å². The monoisotopic (exact) mass is 499 g/mol. The van der Waals surface area contributed by atoms with E-state index in [0.717, 1.165) is 54.1 Å². The number of carbonyl (C=O) groups is 2. The molecule has 2 aromatic heterocycles. The molecule has 2 amide bonds. The van der Waals surface area contributed by atoms with Crippen molar-refractivity contribution < 1.29 is 18.4 Å². The molecule has 7 nitrogen and oxygen atoms in total. The summed E-state index contributed by atoms with van der Waals surface area (Å²) in [4.78, 5) is 42.5. The van der Waals surface area contributed by atoms with Gasteiger partial charge in [0.2, 0.25) is 5.91 Å². The van der Waals surface area contributed by atoms with E-state index in [1.165, 1.54) is 21.4 Å². The first kappa shape index (κ1) is 23.6. The predicted octanol–water partition coefficient (Wildman–Crippen LogP) is 3.79. The average Bonchev–Trinajstić information content (AvgIpc) is 3.17. The van der Waals surface area contributed by atoms with Crippen LogP contribution in [-0.4, -0.2) is 70.9 Å². The van der Waals surface area contributed by atoms with E-state index in [0.29, 0.717) is 13.1 Å². The van der Waals surface area contributed by atoms with Crippen LogP contribution in [0.3, 0.4) is 0 Å². The van der Waals surface area contributed by atoms with Gasteiger partial charge in [-0.25, -0.2) is 18.7 Å². The summed E-state index contributed by atoms with van der Waals surface area (Å²) < 4.78 is 28.0. The lowest BCUT2D eigenvalue weighted by Gasteiger charge is -2.39. The molecule has 4 heterocycles. The Balaban J connectivity index is 1.19. The number of nitrogens with zero attached hydrogens (tertiary/aromatic N) is 5. The number of aromatic nitrogens is 2. The molecular weight excluding hydrogens is 472 g/mol. The standard InChI is InChI=1S/C25H27F2N5O2S/c1-15-16(2)35-23-20(15)22(28-14-29-23)30-8-6-17(7-9-30)24(33)31-10-12-32(13-11-31)25(34)21-18(26)4-3-5-19(21)27/h3-5,14,17H,6-13H2,1-2H3. The van der Waals surface area contributed by atoms with Gasteiger partial charge >= 0.3 is 0 Å². The van der Waals surface area contributed by atoms with E-state index in [1.807, 2.05) is 0 Å². The van der Waals surface area contributed by atoms with Crippen LogP contribution >= 0.6 is 11.3 Å². The van der Waals surface area contributed by atoms with Crippen LogP contribution < -0.4 is 4.90 Å². The van der Waals surface area contributed by atoms with Crippen molar-refractivity contribution in [1.29, 1.82) is 0 Å². The SMILES string of the molecule is Cc1sc2ncnc(N3CCC(C(=O)N4CCN(C(=O)c5c(F)cccc5F)CC4)CC3)c2c1C. The molecule has 2 saturated heterocycles. The van der Waals surface area contributed by atoms with Crippen molar-refractivity contribution in [2.24, 2.45) is 5.92 Å². The van der Waals surface area contributed by atoms with E-state index >= 15 is 0 Å². The van der Waals surface area contributed by atoms with E-state index in [1.54, 1.807) is 22.6 Å². The van der Waals surface area contributed by atoms with E-state index in [9.17, 15) is 18.4 Å². The van der Waals surface area contributed by atoms with Crippen LogP contribution in [0.2, 0.25) is 0 Å². The number of anilines is 1. The molecule has 3 aromatic rings. The van der Waals surface area contributed by atoms with Gasteiger partial charge in [0.1, 0.15) is 34.2 Å². The number of halogens is 2. The molecule has 184 valence electrons. The van der Waals surface area contributed by atoms with Gasteiger partial charge < -0.3 is 14.7 Å². The third-order valence-electron chi connectivity index (χ3n) is 7.14. The van der Waals surface area contributed by atoms with Gasteiger partial charge in [-0.3, -0.25) is 9.59 Å². The highest BCUT2D eigenvalue weighted by molar-refractivity contribution is 7.18. The van der Waals surface area contributed by atoms with Crippen molar-refractivity contribution in [1.82, 2.24) is 19.8 Å². The van der Waals surface area contributed by atoms with Crippen LogP contribution in [0.4, 0.5) is 14.6 Å². The highest BCUT2D eigenvalue weighted by Gasteiger charge is 2.33. The molecule has 0 atom stereocenters. The lowest BCUT2D eigenvalue weighted by molar-refractivity contribution is -0.137. The molecule has 2 fully saturated rings. The minimum atomic E-state index is -0.867. The molecule has 0 saturated carbocycles. The number of benzene rings is 1. The summed E-state index contributed by atoms with van der Waals surface area (Å²) >= 11 is 1.68. The van der Waals surface area contributed by atoms with Crippen molar-refractivity contribution in [3.8, 4) is 0 Å². The second-order valence-electron chi connectivity index (χ2n) is 9.14. The maximum Gasteiger partial charge on any atom is 0.259 e. The summed E-state index contributed by atoms with van der Waals surface area (Å²) in [6.45, 7) is 6.91. The van der Waals surface area contributed by atoms with Crippen molar-refractivity contribution in [2.45, 2.75) is 26.7 Å². The number of piperidine rings is 1. The number of fused-ring (bicyclic) bond motifs is 1. The maximum absolute atomic E-state index is 14.0. The number of amides is 2. The summed E-state index contributed by atoms with van der Waals surface area (Å²) in [6.07, 6.45) is 3.07. The van der Waals surface area contributed by atoms with Crippen molar-refractivity contribution in [2.75, 3.05) is 44.2 Å². The lowest BCUT2D eigenvalue weighted by Crippen LogP contribution is -2.53. The van der Waals surface area contributed by atoms with E-state index in [4.69, 9.17) is 0 Å². The molecule has 2 aliphatic rings. The van der Waals surface area contributed by atoms with Crippen LogP contribution in [-0.2, 0) is 4.79 Å².